The second kappa shape index (κ2) is 5.46. The summed E-state index contributed by atoms with van der Waals surface area (Å²) in [5.41, 5.74) is -0.695. The molecule has 20 heavy (non-hydrogen) atoms. The van der Waals surface area contributed by atoms with E-state index in [1.54, 1.807) is 0 Å². The van der Waals surface area contributed by atoms with Gasteiger partial charge in [-0.25, -0.2) is 9.97 Å². The topological polar surface area (TPSA) is 54.9 Å². The van der Waals surface area contributed by atoms with E-state index in [1.807, 2.05) is 0 Å². The summed E-state index contributed by atoms with van der Waals surface area (Å²) in [6.07, 6.45) is -2.92. The van der Waals surface area contributed by atoms with Gasteiger partial charge in [0.25, 0.3) is 0 Å². The number of benzene rings is 1. The fourth-order valence-corrected chi connectivity index (χ4v) is 1.67. The molecular formula is C12H7ClF3N3O. The minimum absolute atomic E-state index is 0.0217. The zero-order chi connectivity index (χ0) is 14.8. The lowest BCUT2D eigenvalue weighted by Crippen LogP contribution is -2.06. The SMILES string of the molecule is O=Cc1c(Cl)ncnc1Nc1cccc(C(F)(F)F)c1. The molecule has 1 N–H and O–H groups in total. The third-order valence-electron chi connectivity index (χ3n) is 2.41. The molecule has 0 unspecified atom stereocenters. The highest BCUT2D eigenvalue weighted by atomic mass is 35.5. The molecule has 0 aliphatic rings. The summed E-state index contributed by atoms with van der Waals surface area (Å²) in [7, 11) is 0. The van der Waals surface area contributed by atoms with Gasteiger partial charge in [-0.05, 0) is 18.2 Å². The molecule has 0 radical (unpaired) electrons. The Labute approximate surface area is 116 Å². The number of halogens is 4. The molecule has 0 bridgehead atoms. The summed E-state index contributed by atoms with van der Waals surface area (Å²) < 4.78 is 37.8. The Bertz CT molecular complexity index is 646. The van der Waals surface area contributed by atoms with Crippen LogP contribution in [0.1, 0.15) is 15.9 Å². The molecule has 0 aliphatic carbocycles. The summed E-state index contributed by atoms with van der Waals surface area (Å²) in [5, 5.41) is 2.53. The average molecular weight is 302 g/mol. The Hall–Kier alpha value is -2.15. The molecule has 1 aromatic heterocycles. The number of rotatable bonds is 3. The maximum absolute atomic E-state index is 12.6. The molecule has 0 saturated heterocycles. The minimum atomic E-state index is -4.45. The first-order chi connectivity index (χ1) is 9.41. The van der Waals surface area contributed by atoms with E-state index in [0.29, 0.717) is 6.29 Å². The third kappa shape index (κ3) is 3.05. The van der Waals surface area contributed by atoms with Crippen molar-refractivity contribution in [2.45, 2.75) is 6.18 Å². The second-order valence-electron chi connectivity index (χ2n) is 3.75. The van der Waals surface area contributed by atoms with Crippen molar-refractivity contribution in [2.75, 3.05) is 5.32 Å². The molecule has 0 amide bonds. The average Bonchev–Trinajstić information content (AvgIpc) is 2.38. The van der Waals surface area contributed by atoms with E-state index in [1.165, 1.54) is 12.1 Å². The molecule has 1 heterocycles. The van der Waals surface area contributed by atoms with Crippen LogP contribution in [0.2, 0.25) is 5.15 Å². The predicted molar refractivity (Wildman–Crippen MR) is 67.2 cm³/mol. The number of alkyl halides is 3. The number of hydrogen-bond donors (Lipinski definition) is 1. The zero-order valence-corrected chi connectivity index (χ0v) is 10.5. The maximum Gasteiger partial charge on any atom is 0.416 e. The Morgan fingerprint density at radius 2 is 2.00 bits per heavy atom. The maximum atomic E-state index is 12.6. The van der Waals surface area contributed by atoms with E-state index in [-0.39, 0.29) is 22.2 Å². The van der Waals surface area contributed by atoms with Crippen LogP contribution in [0.15, 0.2) is 30.6 Å². The Balaban J connectivity index is 2.36. The van der Waals surface area contributed by atoms with Crippen molar-refractivity contribution in [3.8, 4) is 0 Å². The van der Waals surface area contributed by atoms with Crippen molar-refractivity contribution in [3.63, 3.8) is 0 Å². The van der Waals surface area contributed by atoms with E-state index >= 15 is 0 Å². The van der Waals surface area contributed by atoms with Crippen molar-refractivity contribution in [1.82, 2.24) is 9.97 Å². The van der Waals surface area contributed by atoms with Gasteiger partial charge in [0.05, 0.1) is 11.1 Å². The lowest BCUT2D eigenvalue weighted by Gasteiger charge is -2.11. The first-order valence-corrected chi connectivity index (χ1v) is 5.69. The molecular weight excluding hydrogens is 295 g/mol. The molecule has 0 atom stereocenters. The molecule has 0 aliphatic heterocycles. The molecule has 0 fully saturated rings. The van der Waals surface area contributed by atoms with Gasteiger partial charge in [-0.2, -0.15) is 13.2 Å². The van der Waals surface area contributed by atoms with Gasteiger partial charge in [0.1, 0.15) is 17.3 Å². The van der Waals surface area contributed by atoms with Crippen molar-refractivity contribution >= 4 is 29.4 Å². The Morgan fingerprint density at radius 3 is 2.65 bits per heavy atom. The lowest BCUT2D eigenvalue weighted by atomic mass is 10.2. The normalized spacial score (nSPS) is 11.2. The molecule has 0 saturated carbocycles. The largest absolute Gasteiger partial charge is 0.416 e. The summed E-state index contributed by atoms with van der Waals surface area (Å²) in [5.74, 6) is 0.0410. The van der Waals surface area contributed by atoms with Crippen LogP contribution in [-0.4, -0.2) is 16.3 Å². The summed E-state index contributed by atoms with van der Waals surface area (Å²) in [6, 6.07) is 4.51. The van der Waals surface area contributed by atoms with Gasteiger partial charge >= 0.3 is 6.18 Å². The van der Waals surface area contributed by atoms with Gasteiger partial charge in [0, 0.05) is 5.69 Å². The quantitative estimate of drug-likeness (QED) is 0.693. The van der Waals surface area contributed by atoms with Crippen LogP contribution >= 0.6 is 11.6 Å². The van der Waals surface area contributed by atoms with E-state index in [9.17, 15) is 18.0 Å². The Kier molecular flexibility index (Phi) is 3.89. The standard InChI is InChI=1S/C12H7ClF3N3O/c13-10-9(5-20)11(18-6-17-10)19-8-3-1-2-7(4-8)12(14,15)16/h1-6H,(H,17,18,19). The number of hydrogen-bond acceptors (Lipinski definition) is 4. The molecule has 2 aromatic rings. The first-order valence-electron chi connectivity index (χ1n) is 5.32. The van der Waals surface area contributed by atoms with Crippen LogP contribution in [0.3, 0.4) is 0 Å². The van der Waals surface area contributed by atoms with Crippen LogP contribution < -0.4 is 5.32 Å². The number of aromatic nitrogens is 2. The third-order valence-corrected chi connectivity index (χ3v) is 2.71. The van der Waals surface area contributed by atoms with E-state index in [4.69, 9.17) is 11.6 Å². The van der Waals surface area contributed by atoms with Crippen LogP contribution in [-0.2, 0) is 6.18 Å². The van der Waals surface area contributed by atoms with Gasteiger partial charge < -0.3 is 5.32 Å². The minimum Gasteiger partial charge on any atom is -0.339 e. The van der Waals surface area contributed by atoms with Crippen LogP contribution in [0.4, 0.5) is 24.7 Å². The smallest absolute Gasteiger partial charge is 0.339 e. The van der Waals surface area contributed by atoms with Crippen molar-refractivity contribution < 1.29 is 18.0 Å². The predicted octanol–water partition coefficient (Wildman–Crippen LogP) is 3.70. The number of aldehydes is 1. The zero-order valence-electron chi connectivity index (χ0n) is 9.78. The monoisotopic (exact) mass is 301 g/mol. The summed E-state index contributed by atoms with van der Waals surface area (Å²) in [6.45, 7) is 0. The fourth-order valence-electron chi connectivity index (χ4n) is 1.49. The second-order valence-corrected chi connectivity index (χ2v) is 4.11. The highest BCUT2D eigenvalue weighted by Crippen LogP contribution is 2.31. The lowest BCUT2D eigenvalue weighted by molar-refractivity contribution is -0.137. The van der Waals surface area contributed by atoms with Gasteiger partial charge in [-0.3, -0.25) is 4.79 Å². The molecule has 4 nitrogen and oxygen atoms in total. The fraction of sp³-hybridized carbons (Fsp3) is 0.0833. The number of nitrogens with one attached hydrogen (secondary N) is 1. The molecule has 2 rings (SSSR count). The van der Waals surface area contributed by atoms with Crippen molar-refractivity contribution in [3.05, 3.63) is 46.9 Å². The number of anilines is 2. The highest BCUT2D eigenvalue weighted by molar-refractivity contribution is 6.32. The highest BCUT2D eigenvalue weighted by Gasteiger charge is 2.30. The summed E-state index contributed by atoms with van der Waals surface area (Å²) >= 11 is 5.70. The Morgan fingerprint density at radius 1 is 1.25 bits per heavy atom. The van der Waals surface area contributed by atoms with E-state index < -0.39 is 11.7 Å². The molecule has 8 heteroatoms. The van der Waals surface area contributed by atoms with Crippen molar-refractivity contribution in [2.24, 2.45) is 0 Å². The van der Waals surface area contributed by atoms with E-state index in [2.05, 4.69) is 15.3 Å². The van der Waals surface area contributed by atoms with Crippen molar-refractivity contribution in [1.29, 1.82) is 0 Å². The molecule has 1 aromatic carbocycles. The molecule has 0 spiro atoms. The summed E-state index contributed by atoms with van der Waals surface area (Å²) in [4.78, 5) is 18.3. The number of carbonyl (C=O) groups excluding carboxylic acids is 1. The number of nitrogens with zero attached hydrogens (tertiary/aromatic N) is 2. The molecule has 104 valence electrons. The van der Waals surface area contributed by atoms with Crippen LogP contribution in [0.5, 0.6) is 0 Å². The number of carbonyl (C=O) groups is 1. The van der Waals surface area contributed by atoms with Gasteiger partial charge in [0.15, 0.2) is 6.29 Å². The van der Waals surface area contributed by atoms with Gasteiger partial charge in [-0.15, -0.1) is 0 Å². The van der Waals surface area contributed by atoms with Gasteiger partial charge in [0.2, 0.25) is 0 Å². The first kappa shape index (κ1) is 14.3. The van der Waals surface area contributed by atoms with Crippen LogP contribution in [0, 0.1) is 0 Å². The van der Waals surface area contributed by atoms with Gasteiger partial charge in [-0.1, -0.05) is 17.7 Å². The van der Waals surface area contributed by atoms with Crippen LogP contribution in [0.25, 0.3) is 0 Å². The van der Waals surface area contributed by atoms with E-state index in [0.717, 1.165) is 18.5 Å².